The van der Waals surface area contributed by atoms with Crippen molar-refractivity contribution in [3.05, 3.63) is 0 Å². The molecule has 0 aliphatic heterocycles. The van der Waals surface area contributed by atoms with Crippen LogP contribution in [0.15, 0.2) is 0 Å². The van der Waals surface area contributed by atoms with Crippen LogP contribution >= 0.6 is 0 Å². The molecule has 1 saturated carbocycles. The van der Waals surface area contributed by atoms with Crippen LogP contribution in [0.25, 0.3) is 0 Å². The van der Waals surface area contributed by atoms with Crippen LogP contribution in [-0.4, -0.2) is 90.9 Å². The summed E-state index contributed by atoms with van der Waals surface area (Å²) >= 11 is 0. The molecule has 144 valence electrons. The van der Waals surface area contributed by atoms with Gasteiger partial charge in [-0.3, -0.25) is 13.7 Å². The van der Waals surface area contributed by atoms with E-state index in [0.717, 1.165) is 0 Å². The molecule has 1 aliphatic carbocycles. The third-order valence-corrected chi connectivity index (χ3v) is 4.11. The first kappa shape index (κ1) is 21.5. The van der Waals surface area contributed by atoms with Crippen LogP contribution < -0.4 is 0 Å². The first-order valence-electron chi connectivity index (χ1n) is 5.53. The minimum atomic E-state index is -5.43. The van der Waals surface area contributed by atoms with Gasteiger partial charge in [-0.1, -0.05) is 0 Å². The highest BCUT2D eigenvalue weighted by atomic mass is 32.3. The van der Waals surface area contributed by atoms with Crippen LogP contribution in [0.2, 0.25) is 0 Å². The normalized spacial score (nSPS) is 35.8. The molecule has 0 spiro atoms. The molecule has 0 aromatic rings. The van der Waals surface area contributed by atoms with E-state index in [0.29, 0.717) is 0 Å². The van der Waals surface area contributed by atoms with E-state index < -0.39 is 67.8 Å². The molecule has 6 atom stereocenters. The van der Waals surface area contributed by atoms with Crippen molar-refractivity contribution < 1.29 is 66.8 Å². The summed E-state index contributed by atoms with van der Waals surface area (Å²) in [6, 6.07) is 0. The largest absolute Gasteiger partial charge is 0.397 e. The molecule has 0 unspecified atom stereocenters. The Bertz CT molecular complexity index is 751. The highest BCUT2D eigenvalue weighted by Crippen LogP contribution is 2.30. The van der Waals surface area contributed by atoms with Crippen LogP contribution in [0, 0.1) is 0 Å². The van der Waals surface area contributed by atoms with Gasteiger partial charge in [0, 0.05) is 0 Å². The Labute approximate surface area is 135 Å². The van der Waals surface area contributed by atoms with Gasteiger partial charge in [0.25, 0.3) is 0 Å². The van der Waals surface area contributed by atoms with E-state index in [-0.39, 0.29) is 0 Å². The average Bonchev–Trinajstić information content (AvgIpc) is 2.32. The van der Waals surface area contributed by atoms with Crippen molar-refractivity contribution >= 4 is 31.2 Å². The smallest absolute Gasteiger partial charge is 0.387 e. The summed E-state index contributed by atoms with van der Waals surface area (Å²) in [4.78, 5) is 0. The van der Waals surface area contributed by atoms with Crippen LogP contribution in [-0.2, 0) is 43.7 Å². The van der Waals surface area contributed by atoms with Gasteiger partial charge in [0.1, 0.15) is 36.6 Å². The van der Waals surface area contributed by atoms with Crippen molar-refractivity contribution in [2.75, 3.05) is 0 Å². The van der Waals surface area contributed by atoms with Gasteiger partial charge in [-0.15, -0.1) is 0 Å². The third-order valence-electron chi connectivity index (χ3n) is 2.72. The van der Waals surface area contributed by atoms with Gasteiger partial charge in [0.05, 0.1) is 0 Å². The fourth-order valence-electron chi connectivity index (χ4n) is 1.92. The average molecular weight is 420 g/mol. The Balaban J connectivity index is 3.30. The second-order valence-corrected chi connectivity index (χ2v) is 7.58. The van der Waals surface area contributed by atoms with Crippen molar-refractivity contribution in [1.29, 1.82) is 0 Å². The SMILES string of the molecule is O=S(=O)(O)O[C@@H]1[C@H](O)[C@H](O)[C@@H](OS(=O)(=O)O)[C@H](OS(=O)(=O)O)[C@H]1O. The lowest BCUT2D eigenvalue weighted by molar-refractivity contribution is -0.204. The van der Waals surface area contributed by atoms with E-state index in [9.17, 15) is 40.6 Å². The summed E-state index contributed by atoms with van der Waals surface area (Å²) in [5.74, 6) is 0. The zero-order valence-corrected chi connectivity index (χ0v) is 13.5. The predicted molar refractivity (Wildman–Crippen MR) is 67.3 cm³/mol. The molecule has 15 nitrogen and oxygen atoms in total. The van der Waals surface area contributed by atoms with E-state index in [1.165, 1.54) is 0 Å². The summed E-state index contributed by atoms with van der Waals surface area (Å²) in [6.45, 7) is 0. The van der Waals surface area contributed by atoms with Crippen molar-refractivity contribution in [3.63, 3.8) is 0 Å². The maximum absolute atomic E-state index is 10.7. The molecule has 0 aromatic heterocycles. The lowest BCUT2D eigenvalue weighted by Gasteiger charge is -2.42. The Hall–Kier alpha value is -0.510. The van der Waals surface area contributed by atoms with Crippen molar-refractivity contribution in [3.8, 4) is 0 Å². The highest BCUT2D eigenvalue weighted by molar-refractivity contribution is 7.81. The molecular weight excluding hydrogens is 408 g/mol. The van der Waals surface area contributed by atoms with Gasteiger partial charge in [0.15, 0.2) is 0 Å². The maximum atomic E-state index is 10.7. The molecule has 24 heavy (non-hydrogen) atoms. The predicted octanol–water partition coefficient (Wildman–Crippen LogP) is -4.35. The maximum Gasteiger partial charge on any atom is 0.397 e. The second kappa shape index (κ2) is 7.01. The molecule has 0 radical (unpaired) electrons. The van der Waals surface area contributed by atoms with Crippen molar-refractivity contribution in [2.24, 2.45) is 0 Å². The number of hydrogen-bond donors (Lipinski definition) is 6. The monoisotopic (exact) mass is 420 g/mol. The van der Waals surface area contributed by atoms with Crippen LogP contribution in [0.5, 0.6) is 0 Å². The summed E-state index contributed by atoms with van der Waals surface area (Å²) in [5, 5.41) is 29.1. The van der Waals surface area contributed by atoms with Crippen LogP contribution in [0.3, 0.4) is 0 Å². The first-order chi connectivity index (χ1) is 10.5. The van der Waals surface area contributed by atoms with E-state index >= 15 is 0 Å². The molecule has 0 heterocycles. The van der Waals surface area contributed by atoms with Crippen LogP contribution in [0.1, 0.15) is 0 Å². The number of rotatable bonds is 6. The van der Waals surface area contributed by atoms with Crippen molar-refractivity contribution in [1.82, 2.24) is 0 Å². The zero-order chi connectivity index (χ0) is 19.1. The topological polar surface area (TPSA) is 251 Å². The minimum absolute atomic E-state index is 2.46. The molecule has 1 fully saturated rings. The summed E-state index contributed by atoms with van der Waals surface area (Å²) in [6.07, 6.45) is -15.1. The molecule has 0 amide bonds. The standard InChI is InChI=1S/C6H12O15S3/c7-1-2(8)5(20-23(13,14)15)6(21-24(16,17)18)3(9)4(1)19-22(10,11)12/h1-9H,(H,10,11,12)(H,13,14,15)(H,16,17,18)/t1-,2+,3+,4-,5-,6-/m1/s1. The first-order valence-corrected chi connectivity index (χ1v) is 9.62. The lowest BCUT2D eigenvalue weighted by Crippen LogP contribution is -2.66. The third kappa shape index (κ3) is 6.09. The van der Waals surface area contributed by atoms with Gasteiger partial charge >= 0.3 is 31.2 Å². The minimum Gasteiger partial charge on any atom is -0.387 e. The molecule has 0 bridgehead atoms. The zero-order valence-electron chi connectivity index (χ0n) is 11.0. The fraction of sp³-hybridized carbons (Fsp3) is 1.00. The van der Waals surface area contributed by atoms with E-state index in [4.69, 9.17) is 13.7 Å². The number of aliphatic hydroxyl groups excluding tert-OH is 3. The lowest BCUT2D eigenvalue weighted by atomic mass is 9.85. The molecule has 1 rings (SSSR count). The Morgan fingerprint density at radius 1 is 0.500 bits per heavy atom. The fourth-order valence-corrected chi connectivity index (χ4v) is 3.44. The van der Waals surface area contributed by atoms with Gasteiger partial charge in [0.2, 0.25) is 0 Å². The van der Waals surface area contributed by atoms with Gasteiger partial charge in [-0.25, -0.2) is 12.5 Å². The quantitative estimate of drug-likeness (QED) is 0.222. The van der Waals surface area contributed by atoms with E-state index in [2.05, 4.69) is 12.5 Å². The molecule has 1 aliphatic rings. The number of aliphatic hydroxyl groups is 3. The van der Waals surface area contributed by atoms with Gasteiger partial charge in [-0.05, 0) is 0 Å². The molecule has 18 heteroatoms. The van der Waals surface area contributed by atoms with Gasteiger partial charge in [-0.2, -0.15) is 25.3 Å². The Kier molecular flexibility index (Phi) is 6.29. The second-order valence-electron chi connectivity index (χ2n) is 4.44. The van der Waals surface area contributed by atoms with Gasteiger partial charge < -0.3 is 15.3 Å². The molecule has 6 N–H and O–H groups in total. The molecular formula is C6H12O15S3. The van der Waals surface area contributed by atoms with Crippen molar-refractivity contribution in [2.45, 2.75) is 36.6 Å². The molecule has 0 aromatic carbocycles. The summed E-state index contributed by atoms with van der Waals surface area (Å²) in [5.41, 5.74) is 0. The summed E-state index contributed by atoms with van der Waals surface area (Å²) < 4.78 is 101. The Morgan fingerprint density at radius 3 is 1.08 bits per heavy atom. The highest BCUT2D eigenvalue weighted by Gasteiger charge is 2.55. The molecule has 0 saturated heterocycles. The van der Waals surface area contributed by atoms with Crippen LogP contribution in [0.4, 0.5) is 0 Å². The summed E-state index contributed by atoms with van der Waals surface area (Å²) in [7, 11) is -16.2. The number of hydrogen-bond acceptors (Lipinski definition) is 12. The van der Waals surface area contributed by atoms with E-state index in [1.54, 1.807) is 0 Å². The van der Waals surface area contributed by atoms with E-state index in [1.807, 2.05) is 0 Å². The Morgan fingerprint density at radius 2 is 0.750 bits per heavy atom.